The summed E-state index contributed by atoms with van der Waals surface area (Å²) < 4.78 is 9.83. The Hall–Kier alpha value is -1.76. The lowest BCUT2D eigenvalue weighted by molar-refractivity contribution is -0.142. The summed E-state index contributed by atoms with van der Waals surface area (Å²) in [5, 5.41) is 19.6. The van der Waals surface area contributed by atoms with Gasteiger partial charge in [-0.2, -0.15) is 0 Å². The minimum absolute atomic E-state index is 0.0598. The van der Waals surface area contributed by atoms with E-state index in [-0.39, 0.29) is 25.4 Å². The van der Waals surface area contributed by atoms with Crippen molar-refractivity contribution in [3.8, 4) is 0 Å². The molecular weight excluding hydrogens is 218 g/mol. The molecule has 0 aromatic rings. The van der Waals surface area contributed by atoms with Crippen molar-refractivity contribution < 1.29 is 29.3 Å². The molecule has 1 rings (SSSR count). The second-order valence-corrected chi connectivity index (χ2v) is 3.08. The first kappa shape index (κ1) is 12.3. The zero-order valence-corrected chi connectivity index (χ0v) is 8.51. The van der Waals surface area contributed by atoms with Crippen molar-refractivity contribution in [2.45, 2.75) is 12.5 Å². The van der Waals surface area contributed by atoms with Crippen LogP contribution >= 0.6 is 0 Å². The third-order valence-corrected chi connectivity index (χ3v) is 1.89. The Morgan fingerprint density at radius 2 is 2.25 bits per heavy atom. The van der Waals surface area contributed by atoms with E-state index >= 15 is 0 Å². The SMILES string of the molecule is O=C(NC(CCO)C(=O)O)C1=COCCO1. The number of aliphatic carboxylic acids is 1. The molecule has 1 unspecified atom stereocenters. The predicted molar refractivity (Wildman–Crippen MR) is 51.3 cm³/mol. The molecule has 0 bridgehead atoms. The Labute approximate surface area is 91.7 Å². The molecule has 90 valence electrons. The van der Waals surface area contributed by atoms with Gasteiger partial charge in [-0.25, -0.2) is 4.79 Å². The van der Waals surface area contributed by atoms with Gasteiger partial charge in [-0.1, -0.05) is 0 Å². The summed E-state index contributed by atoms with van der Waals surface area (Å²) in [6, 6.07) is -1.14. The number of rotatable bonds is 5. The molecule has 0 radical (unpaired) electrons. The number of hydrogen-bond acceptors (Lipinski definition) is 5. The van der Waals surface area contributed by atoms with Gasteiger partial charge in [0, 0.05) is 13.0 Å². The highest BCUT2D eigenvalue weighted by molar-refractivity contribution is 5.94. The van der Waals surface area contributed by atoms with Crippen molar-refractivity contribution in [1.29, 1.82) is 0 Å². The van der Waals surface area contributed by atoms with Crippen LogP contribution in [-0.4, -0.2) is 48.0 Å². The standard InChI is InChI=1S/C9H13NO6/c11-2-1-6(9(13)14)10-8(12)7-5-15-3-4-16-7/h5-6,11H,1-4H2,(H,10,12)(H,13,14). The minimum atomic E-state index is -1.21. The van der Waals surface area contributed by atoms with E-state index in [0.29, 0.717) is 6.61 Å². The lowest BCUT2D eigenvalue weighted by atomic mass is 10.2. The molecule has 1 amide bonds. The molecule has 1 aliphatic rings. The molecular formula is C9H13NO6. The lowest BCUT2D eigenvalue weighted by Gasteiger charge is -2.17. The van der Waals surface area contributed by atoms with Crippen LogP contribution in [0.3, 0.4) is 0 Å². The van der Waals surface area contributed by atoms with Crippen molar-refractivity contribution in [2.75, 3.05) is 19.8 Å². The molecule has 0 fully saturated rings. The zero-order chi connectivity index (χ0) is 12.0. The molecule has 1 heterocycles. The van der Waals surface area contributed by atoms with Crippen molar-refractivity contribution >= 4 is 11.9 Å². The minimum Gasteiger partial charge on any atom is -0.494 e. The molecule has 0 aliphatic carbocycles. The van der Waals surface area contributed by atoms with Gasteiger partial charge in [-0.3, -0.25) is 4.79 Å². The average Bonchev–Trinajstić information content (AvgIpc) is 2.29. The van der Waals surface area contributed by atoms with Gasteiger partial charge in [0.2, 0.25) is 5.76 Å². The Morgan fingerprint density at radius 1 is 1.50 bits per heavy atom. The number of aliphatic hydroxyl groups is 1. The van der Waals surface area contributed by atoms with Crippen LogP contribution in [0.4, 0.5) is 0 Å². The van der Waals surface area contributed by atoms with Crippen LogP contribution < -0.4 is 5.32 Å². The molecule has 0 saturated carbocycles. The number of ether oxygens (including phenoxy) is 2. The highest BCUT2D eigenvalue weighted by Crippen LogP contribution is 2.05. The maximum Gasteiger partial charge on any atom is 0.326 e. The summed E-state index contributed by atoms with van der Waals surface area (Å²) in [6.45, 7) is 0.278. The van der Waals surface area contributed by atoms with Gasteiger partial charge in [0.15, 0.2) is 0 Å². The van der Waals surface area contributed by atoms with Crippen molar-refractivity contribution in [3.63, 3.8) is 0 Å². The number of hydrogen-bond donors (Lipinski definition) is 3. The molecule has 1 aliphatic heterocycles. The maximum absolute atomic E-state index is 11.5. The third kappa shape index (κ3) is 3.43. The first-order valence-corrected chi connectivity index (χ1v) is 4.74. The van der Waals surface area contributed by atoms with Gasteiger partial charge in [0.1, 0.15) is 25.5 Å². The maximum atomic E-state index is 11.5. The van der Waals surface area contributed by atoms with E-state index < -0.39 is 17.9 Å². The van der Waals surface area contributed by atoms with Crippen LogP contribution in [0.1, 0.15) is 6.42 Å². The zero-order valence-electron chi connectivity index (χ0n) is 8.51. The van der Waals surface area contributed by atoms with E-state index in [9.17, 15) is 9.59 Å². The molecule has 0 saturated heterocycles. The van der Waals surface area contributed by atoms with Gasteiger partial charge in [-0.15, -0.1) is 0 Å². The first-order chi connectivity index (χ1) is 7.65. The van der Waals surface area contributed by atoms with Crippen LogP contribution in [0.15, 0.2) is 12.0 Å². The second kappa shape index (κ2) is 5.96. The topological polar surface area (TPSA) is 105 Å². The van der Waals surface area contributed by atoms with E-state index in [1.54, 1.807) is 0 Å². The number of amides is 1. The fourth-order valence-electron chi connectivity index (χ4n) is 1.10. The van der Waals surface area contributed by atoms with Gasteiger partial charge in [0.05, 0.1) is 0 Å². The monoisotopic (exact) mass is 231 g/mol. The first-order valence-electron chi connectivity index (χ1n) is 4.74. The summed E-state index contributed by atoms with van der Waals surface area (Å²) in [4.78, 5) is 22.1. The van der Waals surface area contributed by atoms with Gasteiger partial charge in [-0.05, 0) is 0 Å². The van der Waals surface area contributed by atoms with Crippen molar-refractivity contribution in [1.82, 2.24) is 5.32 Å². The molecule has 3 N–H and O–H groups in total. The van der Waals surface area contributed by atoms with E-state index in [1.807, 2.05) is 0 Å². The highest BCUT2D eigenvalue weighted by atomic mass is 16.6. The van der Waals surface area contributed by atoms with E-state index in [1.165, 1.54) is 0 Å². The fourth-order valence-corrected chi connectivity index (χ4v) is 1.10. The second-order valence-electron chi connectivity index (χ2n) is 3.08. The summed E-state index contributed by atoms with van der Waals surface area (Å²) in [6.07, 6.45) is 1.08. The number of carboxylic acid groups (broad SMARTS) is 1. The summed E-state index contributed by atoms with van der Waals surface area (Å²) in [7, 11) is 0. The van der Waals surface area contributed by atoms with E-state index in [4.69, 9.17) is 19.7 Å². The summed E-state index contributed by atoms with van der Waals surface area (Å²) >= 11 is 0. The van der Waals surface area contributed by atoms with Crippen LogP contribution in [0.2, 0.25) is 0 Å². The smallest absolute Gasteiger partial charge is 0.326 e. The Bertz CT molecular complexity index is 300. The Morgan fingerprint density at radius 3 is 2.75 bits per heavy atom. The predicted octanol–water partition coefficient (Wildman–Crippen LogP) is -1.17. The van der Waals surface area contributed by atoms with E-state index in [2.05, 4.69) is 5.32 Å². The molecule has 0 aromatic carbocycles. The quantitative estimate of drug-likeness (QED) is 0.550. The highest BCUT2D eigenvalue weighted by Gasteiger charge is 2.23. The van der Waals surface area contributed by atoms with Gasteiger partial charge >= 0.3 is 5.97 Å². The number of carbonyl (C=O) groups is 2. The van der Waals surface area contributed by atoms with Crippen LogP contribution in [-0.2, 0) is 19.1 Å². The number of nitrogens with one attached hydrogen (secondary N) is 1. The van der Waals surface area contributed by atoms with E-state index in [0.717, 1.165) is 6.26 Å². The van der Waals surface area contributed by atoms with Crippen LogP contribution in [0.25, 0.3) is 0 Å². The third-order valence-electron chi connectivity index (χ3n) is 1.89. The normalized spacial score (nSPS) is 16.4. The molecule has 1 atom stereocenters. The lowest BCUT2D eigenvalue weighted by Crippen LogP contribution is -2.42. The molecule has 7 heteroatoms. The van der Waals surface area contributed by atoms with Gasteiger partial charge < -0.3 is 25.0 Å². The molecule has 16 heavy (non-hydrogen) atoms. The van der Waals surface area contributed by atoms with Crippen LogP contribution in [0, 0.1) is 0 Å². The molecule has 0 aromatic heterocycles. The summed E-state index contributed by atoms with van der Waals surface area (Å²) in [5.74, 6) is -1.93. The average molecular weight is 231 g/mol. The molecule has 7 nitrogen and oxygen atoms in total. The Balaban J connectivity index is 2.53. The number of carbonyl (C=O) groups excluding carboxylic acids is 1. The molecule has 0 spiro atoms. The van der Waals surface area contributed by atoms with Crippen molar-refractivity contribution in [3.05, 3.63) is 12.0 Å². The van der Waals surface area contributed by atoms with Crippen LogP contribution in [0.5, 0.6) is 0 Å². The number of carboxylic acids is 1. The number of aliphatic hydroxyl groups excluding tert-OH is 1. The van der Waals surface area contributed by atoms with Gasteiger partial charge in [0.25, 0.3) is 5.91 Å². The summed E-state index contributed by atoms with van der Waals surface area (Å²) in [5.41, 5.74) is 0. The Kier molecular flexibility index (Phi) is 4.59. The fraction of sp³-hybridized carbons (Fsp3) is 0.556. The van der Waals surface area contributed by atoms with Crippen molar-refractivity contribution in [2.24, 2.45) is 0 Å². The largest absolute Gasteiger partial charge is 0.494 e.